The van der Waals surface area contributed by atoms with Crippen molar-refractivity contribution >= 4 is 23.4 Å². The van der Waals surface area contributed by atoms with Crippen molar-refractivity contribution in [2.24, 2.45) is 0 Å². The van der Waals surface area contributed by atoms with E-state index in [-0.39, 0.29) is 11.7 Å². The van der Waals surface area contributed by atoms with Crippen molar-refractivity contribution in [3.63, 3.8) is 0 Å². The summed E-state index contributed by atoms with van der Waals surface area (Å²) >= 11 is 1.37. The minimum Gasteiger partial charge on any atom is -0.383 e. The second kappa shape index (κ2) is 9.34. The fourth-order valence-electron chi connectivity index (χ4n) is 2.61. The van der Waals surface area contributed by atoms with Crippen LogP contribution >= 0.6 is 11.8 Å². The van der Waals surface area contributed by atoms with Crippen LogP contribution in [0.15, 0.2) is 59.8 Å². The Kier molecular flexibility index (Phi) is 6.62. The second-order valence-corrected chi connectivity index (χ2v) is 6.91. The number of anilines is 1. The van der Waals surface area contributed by atoms with Crippen molar-refractivity contribution in [1.82, 2.24) is 14.8 Å². The first-order chi connectivity index (χ1) is 13.2. The van der Waals surface area contributed by atoms with E-state index >= 15 is 0 Å². The van der Waals surface area contributed by atoms with Crippen molar-refractivity contribution in [2.45, 2.75) is 18.6 Å². The summed E-state index contributed by atoms with van der Waals surface area (Å²) in [5.41, 5.74) is 2.84. The van der Waals surface area contributed by atoms with Gasteiger partial charge in [-0.25, -0.2) is 0 Å². The van der Waals surface area contributed by atoms with E-state index < -0.39 is 0 Å². The Balaban J connectivity index is 1.71. The van der Waals surface area contributed by atoms with Gasteiger partial charge in [0.1, 0.15) is 0 Å². The molecule has 1 aromatic heterocycles. The number of hydrogen-bond acceptors (Lipinski definition) is 5. The van der Waals surface area contributed by atoms with Gasteiger partial charge >= 0.3 is 0 Å². The molecule has 27 heavy (non-hydrogen) atoms. The van der Waals surface area contributed by atoms with E-state index in [4.69, 9.17) is 4.74 Å². The first-order valence-electron chi connectivity index (χ1n) is 8.65. The van der Waals surface area contributed by atoms with Crippen molar-refractivity contribution < 1.29 is 9.53 Å². The average Bonchev–Trinajstić information content (AvgIpc) is 3.10. The molecule has 1 N–H and O–H groups in total. The fourth-order valence-corrected chi connectivity index (χ4v) is 3.37. The summed E-state index contributed by atoms with van der Waals surface area (Å²) in [4.78, 5) is 12.3. The van der Waals surface area contributed by atoms with Crippen LogP contribution in [0.25, 0.3) is 11.4 Å². The van der Waals surface area contributed by atoms with E-state index in [1.165, 1.54) is 11.8 Å². The van der Waals surface area contributed by atoms with Gasteiger partial charge in [-0.15, -0.1) is 10.2 Å². The molecule has 0 aliphatic heterocycles. The molecule has 1 heterocycles. The molecular weight excluding hydrogens is 360 g/mol. The Bertz CT molecular complexity index is 896. The van der Waals surface area contributed by atoms with Gasteiger partial charge in [0.2, 0.25) is 5.91 Å². The number of carbonyl (C=O) groups excluding carboxylic acids is 1. The quantitative estimate of drug-likeness (QED) is 0.603. The highest BCUT2D eigenvalue weighted by Crippen LogP contribution is 2.24. The van der Waals surface area contributed by atoms with Crippen LogP contribution in [-0.4, -0.2) is 40.1 Å². The summed E-state index contributed by atoms with van der Waals surface area (Å²) in [6.07, 6.45) is 0. The lowest BCUT2D eigenvalue weighted by Crippen LogP contribution is -2.15. The lowest BCUT2D eigenvalue weighted by molar-refractivity contribution is -0.113. The summed E-state index contributed by atoms with van der Waals surface area (Å²) in [5, 5.41) is 12.2. The third-order valence-corrected chi connectivity index (χ3v) is 4.99. The number of hydrogen-bond donors (Lipinski definition) is 1. The van der Waals surface area contributed by atoms with Crippen LogP contribution in [0.4, 0.5) is 5.69 Å². The molecule has 140 valence electrons. The highest BCUT2D eigenvalue weighted by molar-refractivity contribution is 7.99. The molecule has 0 atom stereocenters. The normalized spacial score (nSPS) is 10.7. The Morgan fingerprint density at radius 1 is 1.11 bits per heavy atom. The van der Waals surface area contributed by atoms with Gasteiger partial charge in [-0.2, -0.15) is 0 Å². The van der Waals surface area contributed by atoms with E-state index in [2.05, 4.69) is 15.5 Å². The minimum atomic E-state index is -0.0724. The lowest BCUT2D eigenvalue weighted by atomic mass is 10.2. The molecule has 1 amide bonds. The molecular formula is C20H22N4O2S. The van der Waals surface area contributed by atoms with Gasteiger partial charge in [0.05, 0.1) is 18.9 Å². The summed E-state index contributed by atoms with van der Waals surface area (Å²) in [6.45, 7) is 3.13. The number of carbonyl (C=O) groups is 1. The predicted molar refractivity (Wildman–Crippen MR) is 108 cm³/mol. The highest BCUT2D eigenvalue weighted by Gasteiger charge is 2.15. The zero-order valence-corrected chi connectivity index (χ0v) is 16.2. The van der Waals surface area contributed by atoms with Gasteiger partial charge in [0, 0.05) is 18.4 Å². The molecule has 0 aliphatic carbocycles. The number of nitrogens with one attached hydrogen (secondary N) is 1. The van der Waals surface area contributed by atoms with E-state index in [1.54, 1.807) is 7.11 Å². The maximum absolute atomic E-state index is 12.3. The summed E-state index contributed by atoms with van der Waals surface area (Å²) in [7, 11) is 1.66. The number of ether oxygens (including phenoxy) is 1. The van der Waals surface area contributed by atoms with Crippen LogP contribution in [0.2, 0.25) is 0 Å². The van der Waals surface area contributed by atoms with Gasteiger partial charge < -0.3 is 10.1 Å². The molecule has 6 nitrogen and oxygen atoms in total. The third kappa shape index (κ3) is 4.96. The van der Waals surface area contributed by atoms with E-state index in [1.807, 2.05) is 66.1 Å². The predicted octanol–water partition coefficient (Wildman–Crippen LogP) is 3.63. The smallest absolute Gasteiger partial charge is 0.234 e. The van der Waals surface area contributed by atoms with Crippen molar-refractivity contribution in [3.8, 4) is 11.4 Å². The molecule has 7 heteroatoms. The van der Waals surface area contributed by atoms with E-state index in [0.717, 1.165) is 22.6 Å². The van der Waals surface area contributed by atoms with E-state index in [9.17, 15) is 4.79 Å². The van der Waals surface area contributed by atoms with Crippen molar-refractivity contribution in [3.05, 3.63) is 60.2 Å². The number of aryl methyl sites for hydroxylation is 1. The monoisotopic (exact) mass is 382 g/mol. The Labute approximate surface area is 163 Å². The summed E-state index contributed by atoms with van der Waals surface area (Å²) < 4.78 is 7.20. The number of aromatic nitrogens is 3. The van der Waals surface area contributed by atoms with E-state index in [0.29, 0.717) is 18.3 Å². The molecule has 3 aromatic rings. The first kappa shape index (κ1) is 19.1. The standard InChI is InChI=1S/C20H22N4O2S/c1-15-8-6-7-11-17(15)21-18(25)14-27-20-23-22-19(24(20)12-13-26-2)16-9-4-3-5-10-16/h3-11H,12-14H2,1-2H3,(H,21,25). The molecule has 0 spiro atoms. The van der Waals surface area contributed by atoms with Crippen LogP contribution in [0.1, 0.15) is 5.56 Å². The number of benzene rings is 2. The number of amides is 1. The molecule has 0 saturated carbocycles. The van der Waals surface area contributed by atoms with Gasteiger partial charge in [0.15, 0.2) is 11.0 Å². The van der Waals surface area contributed by atoms with Crippen LogP contribution < -0.4 is 5.32 Å². The van der Waals surface area contributed by atoms with Gasteiger partial charge in [-0.05, 0) is 18.6 Å². The number of nitrogens with zero attached hydrogens (tertiary/aromatic N) is 3. The van der Waals surface area contributed by atoms with Crippen molar-refractivity contribution in [2.75, 3.05) is 24.8 Å². The molecule has 0 aliphatic rings. The maximum atomic E-state index is 12.3. The fraction of sp³-hybridized carbons (Fsp3) is 0.250. The zero-order valence-electron chi connectivity index (χ0n) is 15.4. The van der Waals surface area contributed by atoms with Gasteiger partial charge in [-0.3, -0.25) is 9.36 Å². The molecule has 0 radical (unpaired) electrons. The van der Waals surface area contributed by atoms with Crippen LogP contribution in [0, 0.1) is 6.92 Å². The first-order valence-corrected chi connectivity index (χ1v) is 9.63. The molecule has 0 unspecified atom stereocenters. The summed E-state index contributed by atoms with van der Waals surface area (Å²) in [5.74, 6) is 0.958. The Morgan fingerprint density at radius 3 is 2.59 bits per heavy atom. The third-order valence-electron chi connectivity index (χ3n) is 4.02. The largest absolute Gasteiger partial charge is 0.383 e. The minimum absolute atomic E-state index is 0.0724. The number of methoxy groups -OCH3 is 1. The van der Waals surface area contributed by atoms with Crippen LogP contribution in [-0.2, 0) is 16.1 Å². The topological polar surface area (TPSA) is 69.0 Å². The summed E-state index contributed by atoms with van der Waals surface area (Å²) in [6, 6.07) is 17.6. The molecule has 0 fully saturated rings. The van der Waals surface area contributed by atoms with Crippen LogP contribution in [0.3, 0.4) is 0 Å². The number of thioether (sulfide) groups is 1. The van der Waals surface area contributed by atoms with Gasteiger partial charge in [-0.1, -0.05) is 60.3 Å². The maximum Gasteiger partial charge on any atom is 0.234 e. The molecule has 0 saturated heterocycles. The zero-order chi connectivity index (χ0) is 19.1. The SMILES string of the molecule is COCCn1c(SCC(=O)Nc2ccccc2C)nnc1-c1ccccc1. The lowest BCUT2D eigenvalue weighted by Gasteiger charge is -2.10. The Hall–Kier alpha value is -2.64. The average molecular weight is 382 g/mol. The molecule has 2 aromatic carbocycles. The highest BCUT2D eigenvalue weighted by atomic mass is 32.2. The van der Waals surface area contributed by atoms with Crippen LogP contribution in [0.5, 0.6) is 0 Å². The second-order valence-electron chi connectivity index (χ2n) is 5.97. The number of para-hydroxylation sites is 1. The van der Waals surface area contributed by atoms with Gasteiger partial charge in [0.25, 0.3) is 0 Å². The molecule has 0 bridgehead atoms. The Morgan fingerprint density at radius 2 is 1.85 bits per heavy atom. The van der Waals surface area contributed by atoms with Crippen molar-refractivity contribution in [1.29, 1.82) is 0 Å². The number of rotatable bonds is 8. The molecule has 3 rings (SSSR count).